The van der Waals surface area contributed by atoms with Crippen molar-refractivity contribution in [2.24, 2.45) is 0 Å². The van der Waals surface area contributed by atoms with Crippen molar-refractivity contribution in [1.29, 1.82) is 0 Å². The third-order valence-electron chi connectivity index (χ3n) is 2.52. The standard InChI is InChI=1S/C11H19ClN4/c1-4-8(7-12)13-11-14-9(5-2)10(6-3)15-16-11/h8H,4-7H2,1-3H3,(H,13,14,16). The highest BCUT2D eigenvalue weighted by atomic mass is 35.5. The molecule has 0 fully saturated rings. The lowest BCUT2D eigenvalue weighted by Gasteiger charge is -2.14. The minimum Gasteiger partial charge on any atom is -0.349 e. The van der Waals surface area contributed by atoms with Crippen LogP contribution >= 0.6 is 11.6 Å². The number of nitrogens with one attached hydrogen (secondary N) is 1. The van der Waals surface area contributed by atoms with Gasteiger partial charge in [0.05, 0.1) is 11.4 Å². The van der Waals surface area contributed by atoms with E-state index in [1.807, 2.05) is 0 Å². The molecule has 16 heavy (non-hydrogen) atoms. The zero-order valence-electron chi connectivity index (χ0n) is 10.1. The zero-order chi connectivity index (χ0) is 12.0. The van der Waals surface area contributed by atoms with Gasteiger partial charge in [0.25, 0.3) is 0 Å². The van der Waals surface area contributed by atoms with Gasteiger partial charge in [-0.25, -0.2) is 4.98 Å². The lowest BCUT2D eigenvalue weighted by molar-refractivity contribution is 0.738. The smallest absolute Gasteiger partial charge is 0.243 e. The van der Waals surface area contributed by atoms with Crippen LogP contribution < -0.4 is 5.32 Å². The Labute approximate surface area is 102 Å². The Morgan fingerprint density at radius 1 is 1.12 bits per heavy atom. The maximum atomic E-state index is 5.81. The number of halogens is 1. The first-order valence-corrected chi connectivity index (χ1v) is 6.33. The molecule has 4 nitrogen and oxygen atoms in total. The molecular weight excluding hydrogens is 224 g/mol. The fourth-order valence-electron chi connectivity index (χ4n) is 1.43. The quantitative estimate of drug-likeness (QED) is 0.779. The van der Waals surface area contributed by atoms with Crippen LogP contribution in [0.3, 0.4) is 0 Å². The van der Waals surface area contributed by atoms with Gasteiger partial charge >= 0.3 is 0 Å². The molecule has 1 heterocycles. The fourth-order valence-corrected chi connectivity index (χ4v) is 1.73. The number of nitrogens with zero attached hydrogens (tertiary/aromatic N) is 3. The zero-order valence-corrected chi connectivity index (χ0v) is 10.9. The molecule has 0 aromatic carbocycles. The van der Waals surface area contributed by atoms with Crippen LogP contribution in [0.2, 0.25) is 0 Å². The van der Waals surface area contributed by atoms with E-state index in [0.29, 0.717) is 11.8 Å². The maximum absolute atomic E-state index is 5.81. The summed E-state index contributed by atoms with van der Waals surface area (Å²) in [5, 5.41) is 11.4. The van der Waals surface area contributed by atoms with Crippen LogP contribution in [0.1, 0.15) is 38.6 Å². The van der Waals surface area contributed by atoms with Crippen molar-refractivity contribution in [2.75, 3.05) is 11.2 Å². The molecule has 1 atom stereocenters. The minimum atomic E-state index is 0.209. The van der Waals surface area contributed by atoms with Gasteiger partial charge in [0.1, 0.15) is 0 Å². The molecule has 0 spiro atoms. The summed E-state index contributed by atoms with van der Waals surface area (Å²) >= 11 is 5.81. The SMILES string of the molecule is CCc1nnc(NC(CC)CCl)nc1CC. The number of hydrogen-bond acceptors (Lipinski definition) is 4. The number of hydrogen-bond donors (Lipinski definition) is 1. The summed E-state index contributed by atoms with van der Waals surface area (Å²) in [6.07, 6.45) is 2.70. The van der Waals surface area contributed by atoms with E-state index in [0.717, 1.165) is 30.7 Å². The largest absolute Gasteiger partial charge is 0.349 e. The van der Waals surface area contributed by atoms with Gasteiger partial charge in [-0.15, -0.1) is 16.7 Å². The summed E-state index contributed by atoms with van der Waals surface area (Å²) in [4.78, 5) is 4.45. The number of aryl methyl sites for hydroxylation is 2. The van der Waals surface area contributed by atoms with Crippen molar-refractivity contribution in [3.63, 3.8) is 0 Å². The Hall–Kier alpha value is -0.900. The van der Waals surface area contributed by atoms with Crippen LogP contribution in [-0.2, 0) is 12.8 Å². The van der Waals surface area contributed by atoms with Crippen molar-refractivity contribution < 1.29 is 0 Å². The summed E-state index contributed by atoms with van der Waals surface area (Å²) in [5.41, 5.74) is 2.00. The van der Waals surface area contributed by atoms with Crippen molar-refractivity contribution in [1.82, 2.24) is 15.2 Å². The first-order chi connectivity index (χ1) is 7.74. The Morgan fingerprint density at radius 2 is 1.81 bits per heavy atom. The Morgan fingerprint density at radius 3 is 2.31 bits per heavy atom. The van der Waals surface area contributed by atoms with Crippen LogP contribution in [0.5, 0.6) is 0 Å². The van der Waals surface area contributed by atoms with E-state index in [2.05, 4.69) is 41.3 Å². The topological polar surface area (TPSA) is 50.7 Å². The first kappa shape index (κ1) is 13.2. The van der Waals surface area contributed by atoms with Gasteiger partial charge in [-0.1, -0.05) is 20.8 Å². The molecule has 1 aromatic heterocycles. The van der Waals surface area contributed by atoms with Gasteiger partial charge < -0.3 is 5.32 Å². The van der Waals surface area contributed by atoms with E-state index in [-0.39, 0.29) is 6.04 Å². The van der Waals surface area contributed by atoms with Crippen molar-refractivity contribution in [2.45, 2.75) is 46.1 Å². The number of alkyl halides is 1. The van der Waals surface area contributed by atoms with Gasteiger partial charge in [-0.2, -0.15) is 5.10 Å². The van der Waals surface area contributed by atoms with E-state index in [1.54, 1.807) is 0 Å². The predicted molar refractivity (Wildman–Crippen MR) is 67.0 cm³/mol. The molecule has 0 saturated heterocycles. The van der Waals surface area contributed by atoms with E-state index in [1.165, 1.54) is 0 Å². The van der Waals surface area contributed by atoms with E-state index < -0.39 is 0 Å². The van der Waals surface area contributed by atoms with Crippen LogP contribution in [0.4, 0.5) is 5.95 Å². The highest BCUT2D eigenvalue weighted by Crippen LogP contribution is 2.09. The molecule has 0 amide bonds. The summed E-state index contributed by atoms with van der Waals surface area (Å²) in [7, 11) is 0. The lowest BCUT2D eigenvalue weighted by atomic mass is 10.2. The van der Waals surface area contributed by atoms with Crippen LogP contribution in [0, 0.1) is 0 Å². The molecule has 0 aliphatic heterocycles. The molecule has 5 heteroatoms. The second kappa shape index (κ2) is 6.63. The summed E-state index contributed by atoms with van der Waals surface area (Å²) < 4.78 is 0. The highest BCUT2D eigenvalue weighted by molar-refractivity contribution is 6.18. The molecule has 0 bridgehead atoms. The molecule has 1 unspecified atom stereocenters. The molecule has 1 aromatic rings. The maximum Gasteiger partial charge on any atom is 0.243 e. The Bertz CT molecular complexity index is 326. The van der Waals surface area contributed by atoms with Crippen LogP contribution in [-0.4, -0.2) is 27.1 Å². The van der Waals surface area contributed by atoms with Crippen molar-refractivity contribution >= 4 is 17.5 Å². The Kier molecular flexibility index (Phi) is 5.46. The molecule has 0 aliphatic carbocycles. The minimum absolute atomic E-state index is 0.209. The lowest BCUT2D eigenvalue weighted by Crippen LogP contribution is -2.22. The molecule has 0 saturated carbocycles. The van der Waals surface area contributed by atoms with Crippen LogP contribution in [0.15, 0.2) is 0 Å². The molecular formula is C11H19ClN4. The Balaban J connectivity index is 2.82. The van der Waals surface area contributed by atoms with Gasteiger partial charge in [-0.3, -0.25) is 0 Å². The van der Waals surface area contributed by atoms with E-state index >= 15 is 0 Å². The molecule has 0 aliphatic rings. The molecule has 0 radical (unpaired) electrons. The van der Waals surface area contributed by atoms with E-state index in [9.17, 15) is 0 Å². The first-order valence-electron chi connectivity index (χ1n) is 5.80. The number of rotatable bonds is 6. The fraction of sp³-hybridized carbons (Fsp3) is 0.727. The number of anilines is 1. The normalized spacial score (nSPS) is 12.5. The summed E-state index contributed by atoms with van der Waals surface area (Å²) in [6, 6.07) is 0.209. The average Bonchev–Trinajstić information content (AvgIpc) is 2.35. The highest BCUT2D eigenvalue weighted by Gasteiger charge is 2.09. The summed E-state index contributed by atoms with van der Waals surface area (Å²) in [5.74, 6) is 1.14. The van der Waals surface area contributed by atoms with Gasteiger partial charge in [0, 0.05) is 11.9 Å². The van der Waals surface area contributed by atoms with Gasteiger partial charge in [0.2, 0.25) is 5.95 Å². The third kappa shape index (κ3) is 3.30. The molecule has 1 rings (SSSR count). The predicted octanol–water partition coefficient (Wildman–Crippen LogP) is 2.43. The third-order valence-corrected chi connectivity index (χ3v) is 2.89. The average molecular weight is 243 g/mol. The van der Waals surface area contributed by atoms with Gasteiger partial charge in [-0.05, 0) is 19.3 Å². The second-order valence-corrected chi connectivity index (χ2v) is 3.95. The second-order valence-electron chi connectivity index (χ2n) is 3.64. The van der Waals surface area contributed by atoms with Gasteiger partial charge in [0.15, 0.2) is 0 Å². The van der Waals surface area contributed by atoms with Crippen LogP contribution in [0.25, 0.3) is 0 Å². The number of aromatic nitrogens is 3. The van der Waals surface area contributed by atoms with Crippen molar-refractivity contribution in [3.05, 3.63) is 11.4 Å². The summed E-state index contributed by atoms with van der Waals surface area (Å²) in [6.45, 7) is 6.21. The molecule has 1 N–H and O–H groups in total. The molecule has 90 valence electrons. The monoisotopic (exact) mass is 242 g/mol. The van der Waals surface area contributed by atoms with E-state index in [4.69, 9.17) is 11.6 Å². The van der Waals surface area contributed by atoms with Crippen molar-refractivity contribution in [3.8, 4) is 0 Å².